The molecule has 0 aromatic carbocycles. The van der Waals surface area contributed by atoms with Crippen LogP contribution in [0.5, 0.6) is 0 Å². The Morgan fingerprint density at radius 3 is 1.71 bits per heavy atom. The number of rotatable bonds is 10. The molecule has 0 unspecified atom stereocenters. The van der Waals surface area contributed by atoms with E-state index < -0.39 is 0 Å². The third-order valence-corrected chi connectivity index (χ3v) is 2.88. The molecule has 0 aliphatic carbocycles. The second-order valence-corrected chi connectivity index (χ2v) is 4.30. The minimum Gasteiger partial charge on any atom is -0.628 e. The first-order valence-electron chi connectivity index (χ1n) is 6.20. The molecule has 0 bridgehead atoms. The van der Waals surface area contributed by atoms with Gasteiger partial charge in [-0.25, -0.2) is 0 Å². The second-order valence-electron chi connectivity index (χ2n) is 4.07. The molecule has 4 N–H and O–H groups in total. The van der Waals surface area contributed by atoms with Gasteiger partial charge in [-0.3, -0.25) is 4.79 Å². The zero-order valence-corrected chi connectivity index (χ0v) is 12.1. The number of hydrogen-bond acceptors (Lipinski definition) is 2. The summed E-state index contributed by atoms with van der Waals surface area (Å²) in [5.41, 5.74) is 0. The summed E-state index contributed by atoms with van der Waals surface area (Å²) in [6.45, 7) is 2.24. The van der Waals surface area contributed by atoms with Gasteiger partial charge in [0.05, 0.1) is 0 Å². The summed E-state index contributed by atoms with van der Waals surface area (Å²) in [4.78, 5) is 10.8. The van der Waals surface area contributed by atoms with Gasteiger partial charge in [0.1, 0.15) is 0 Å². The summed E-state index contributed by atoms with van der Waals surface area (Å²) in [5.74, 6) is -0.108. The van der Waals surface area contributed by atoms with Crippen molar-refractivity contribution in [2.75, 3.05) is 0 Å². The Morgan fingerprint density at radius 1 is 0.882 bits per heavy atom. The second kappa shape index (κ2) is 18.3. The molecule has 0 rings (SSSR count). The highest BCUT2D eigenvalue weighted by molar-refractivity contribution is 6.05. The van der Waals surface area contributed by atoms with E-state index in [0.717, 1.165) is 12.8 Å². The largest absolute Gasteiger partial charge is 0.628 e. The molecular weight excluding hydrogens is 235 g/mol. The van der Waals surface area contributed by atoms with E-state index in [9.17, 15) is 4.79 Å². The van der Waals surface area contributed by atoms with Crippen molar-refractivity contribution in [2.24, 2.45) is 0 Å². The Balaban J connectivity index is -0.000000980. The van der Waals surface area contributed by atoms with Gasteiger partial charge in [0, 0.05) is 6.42 Å². The Hall–Kier alpha value is -0.0775. The van der Waals surface area contributed by atoms with Crippen LogP contribution in [-0.4, -0.2) is 33.5 Å². The van der Waals surface area contributed by atoms with E-state index >= 15 is 0 Å². The van der Waals surface area contributed by atoms with Gasteiger partial charge in [0.25, 0.3) is 5.97 Å². The molecule has 5 heteroatoms. The summed E-state index contributed by atoms with van der Waals surface area (Å²) in [5, 5.41) is 0. The minimum atomic E-state index is -0.108. The van der Waals surface area contributed by atoms with Crippen LogP contribution in [0, 0.1) is 0 Å². The monoisotopic (exact) mass is 262 g/mol. The normalized spacial score (nSPS) is 9.00. The quantitative estimate of drug-likeness (QED) is 0.444. The third kappa shape index (κ3) is 18.5. The molecule has 102 valence electrons. The van der Waals surface area contributed by atoms with Gasteiger partial charge in [-0.2, -0.15) is 0 Å². The van der Waals surface area contributed by atoms with Crippen LogP contribution in [0.2, 0.25) is 0 Å². The summed E-state index contributed by atoms with van der Waals surface area (Å²) in [7, 11) is 0. The zero-order valence-electron chi connectivity index (χ0n) is 11.0. The number of carbonyl (C=O) groups excluding carboxylic acids is 1. The lowest BCUT2D eigenvalue weighted by molar-refractivity contribution is -0.134. The Labute approximate surface area is 113 Å². The average Bonchev–Trinajstić information content (AvgIpc) is 2.26. The standard InChI is InChI=1S/C12H24O2.Al.2H2O/c1-2-3-4-5-6-7-8-9-10-11-12(13)14;;;/h2-11H2,1H3,(H,13,14);;2*1H2/q;+1;;/p-1. The van der Waals surface area contributed by atoms with Crippen LogP contribution >= 0.6 is 0 Å². The molecule has 17 heavy (non-hydrogen) atoms. The Kier molecular flexibility index (Phi) is 23.8. The molecule has 0 aromatic heterocycles. The van der Waals surface area contributed by atoms with Gasteiger partial charge < -0.3 is 14.7 Å². The molecule has 0 saturated carbocycles. The first kappa shape index (κ1) is 22.1. The lowest BCUT2D eigenvalue weighted by Crippen LogP contribution is -2.00. The average molecular weight is 262 g/mol. The number of hydrogen-bond donors (Lipinski definition) is 0. The van der Waals surface area contributed by atoms with Gasteiger partial charge in [-0.05, 0) is 6.42 Å². The minimum absolute atomic E-state index is 0. The maximum atomic E-state index is 10.8. The van der Waals surface area contributed by atoms with Crippen LogP contribution in [0.1, 0.15) is 71.1 Å². The maximum absolute atomic E-state index is 10.8. The predicted octanol–water partition coefficient (Wildman–Crippen LogP) is 1.88. The van der Waals surface area contributed by atoms with Crippen molar-refractivity contribution in [1.29, 1.82) is 0 Å². The highest BCUT2D eigenvalue weighted by atomic mass is 27.1. The maximum Gasteiger partial charge on any atom is 0.484 e. The van der Waals surface area contributed by atoms with Crippen molar-refractivity contribution >= 4 is 22.6 Å². The van der Waals surface area contributed by atoms with Crippen molar-refractivity contribution < 1.29 is 19.5 Å². The van der Waals surface area contributed by atoms with Crippen LogP contribution in [0.3, 0.4) is 0 Å². The molecular formula is C12H27AlO4. The lowest BCUT2D eigenvalue weighted by atomic mass is 10.1. The molecule has 0 saturated heterocycles. The van der Waals surface area contributed by atoms with Crippen LogP contribution in [0.15, 0.2) is 0 Å². The predicted molar refractivity (Wildman–Crippen MR) is 70.9 cm³/mol. The van der Waals surface area contributed by atoms with Gasteiger partial charge in [0.15, 0.2) is 0 Å². The summed E-state index contributed by atoms with van der Waals surface area (Å²) in [6, 6.07) is 0. The van der Waals surface area contributed by atoms with Crippen molar-refractivity contribution in [3.05, 3.63) is 0 Å². The van der Waals surface area contributed by atoms with Crippen LogP contribution in [0.4, 0.5) is 0 Å². The van der Waals surface area contributed by atoms with E-state index in [1.807, 2.05) is 16.6 Å². The van der Waals surface area contributed by atoms with E-state index in [-0.39, 0.29) is 16.9 Å². The molecule has 0 atom stereocenters. The highest BCUT2D eigenvalue weighted by Crippen LogP contribution is 2.10. The molecule has 0 heterocycles. The van der Waals surface area contributed by atoms with Gasteiger partial charge in [-0.15, -0.1) is 0 Å². The summed E-state index contributed by atoms with van der Waals surface area (Å²) < 4.78 is 4.50. The topological polar surface area (TPSA) is 89.3 Å². The van der Waals surface area contributed by atoms with E-state index in [1.54, 1.807) is 0 Å². The van der Waals surface area contributed by atoms with Crippen LogP contribution in [-0.2, 0) is 8.58 Å². The van der Waals surface area contributed by atoms with E-state index in [1.165, 1.54) is 44.9 Å². The fourth-order valence-corrected chi connectivity index (χ4v) is 1.76. The molecule has 0 spiro atoms. The molecule has 4 nitrogen and oxygen atoms in total. The van der Waals surface area contributed by atoms with Crippen molar-refractivity contribution in [1.82, 2.24) is 0 Å². The molecule has 0 aromatic rings. The summed E-state index contributed by atoms with van der Waals surface area (Å²) in [6.07, 6.45) is 12.1. The Bertz CT molecular complexity index is 153. The van der Waals surface area contributed by atoms with Gasteiger partial charge in [0.2, 0.25) is 0 Å². The molecule has 0 aliphatic heterocycles. The van der Waals surface area contributed by atoms with Crippen molar-refractivity contribution in [2.45, 2.75) is 71.1 Å². The third-order valence-electron chi connectivity index (χ3n) is 2.62. The smallest absolute Gasteiger partial charge is 0.484 e. The highest BCUT2D eigenvalue weighted by Gasteiger charge is 1.97. The summed E-state index contributed by atoms with van der Waals surface area (Å²) >= 11 is 2.00. The molecule has 2 radical (unpaired) electrons. The fraction of sp³-hybridized carbons (Fsp3) is 0.917. The Morgan fingerprint density at radius 2 is 1.29 bits per heavy atom. The molecule has 0 aliphatic rings. The molecule has 0 amide bonds. The van der Waals surface area contributed by atoms with Gasteiger partial charge >= 0.3 is 16.6 Å². The van der Waals surface area contributed by atoms with Crippen molar-refractivity contribution in [3.8, 4) is 0 Å². The number of carbonyl (C=O) groups is 1. The van der Waals surface area contributed by atoms with E-state index in [4.69, 9.17) is 0 Å². The van der Waals surface area contributed by atoms with E-state index in [0.29, 0.717) is 6.42 Å². The first-order chi connectivity index (χ1) is 7.31. The van der Waals surface area contributed by atoms with Crippen molar-refractivity contribution in [3.63, 3.8) is 0 Å². The van der Waals surface area contributed by atoms with Gasteiger partial charge in [-0.1, -0.05) is 58.3 Å². The van der Waals surface area contributed by atoms with Crippen LogP contribution in [0.25, 0.3) is 0 Å². The molecule has 0 fully saturated rings. The number of unbranched alkanes of at least 4 members (excludes halogenated alkanes) is 8. The SMILES string of the molecule is CCCCCCCCCCCC(=O)[O][Al].O.O. The zero-order chi connectivity index (χ0) is 11.4. The fourth-order valence-electron chi connectivity index (χ4n) is 1.64. The lowest BCUT2D eigenvalue weighted by Gasteiger charge is -2.02. The van der Waals surface area contributed by atoms with Crippen LogP contribution < -0.4 is 0 Å². The van der Waals surface area contributed by atoms with E-state index in [2.05, 4.69) is 10.7 Å². The first-order valence-corrected chi connectivity index (χ1v) is 6.68.